The zero-order chi connectivity index (χ0) is 20.2. The normalized spacial score (nSPS) is 15.6. The minimum Gasteiger partial charge on any atom is -0.356 e. The van der Waals surface area contributed by atoms with Crippen molar-refractivity contribution in [3.05, 3.63) is 52.8 Å². The summed E-state index contributed by atoms with van der Waals surface area (Å²) in [6, 6.07) is 8.86. The van der Waals surface area contributed by atoms with Crippen LogP contribution < -0.4 is 10.6 Å². The second-order valence-corrected chi connectivity index (χ2v) is 7.70. The third-order valence-electron chi connectivity index (χ3n) is 5.65. The Kier molecular flexibility index (Phi) is 5.74. The quantitative estimate of drug-likeness (QED) is 0.782. The number of anilines is 1. The second kappa shape index (κ2) is 8.59. The molecule has 1 aromatic heterocycles. The molecule has 7 nitrogen and oxygen atoms in total. The van der Waals surface area contributed by atoms with E-state index in [1.165, 1.54) is 11.1 Å². The summed E-state index contributed by atoms with van der Waals surface area (Å²) in [6.45, 7) is 3.37. The zero-order valence-corrected chi connectivity index (χ0v) is 16.8. The molecule has 1 aromatic carbocycles. The molecule has 0 saturated carbocycles. The van der Waals surface area contributed by atoms with Crippen molar-refractivity contribution in [2.45, 2.75) is 51.6 Å². The van der Waals surface area contributed by atoms with E-state index in [0.717, 1.165) is 30.5 Å². The van der Waals surface area contributed by atoms with E-state index in [4.69, 9.17) is 4.98 Å². The topological polar surface area (TPSA) is 87.2 Å². The van der Waals surface area contributed by atoms with Crippen LogP contribution in [0.1, 0.15) is 42.1 Å². The van der Waals surface area contributed by atoms with Gasteiger partial charge in [-0.25, -0.2) is 9.97 Å². The number of rotatable bonds is 6. The molecule has 2 aromatic rings. The maximum atomic E-state index is 12.4. The van der Waals surface area contributed by atoms with E-state index in [1.807, 2.05) is 11.1 Å². The first kappa shape index (κ1) is 19.4. The van der Waals surface area contributed by atoms with E-state index in [1.54, 1.807) is 6.92 Å². The molecule has 0 bridgehead atoms. The number of hydrogen-bond donors (Lipinski definition) is 2. The van der Waals surface area contributed by atoms with Gasteiger partial charge in [0.15, 0.2) is 0 Å². The highest BCUT2D eigenvalue weighted by atomic mass is 16.2. The molecular weight excluding hydrogens is 366 g/mol. The van der Waals surface area contributed by atoms with E-state index in [-0.39, 0.29) is 11.8 Å². The molecule has 0 fully saturated rings. The van der Waals surface area contributed by atoms with Gasteiger partial charge in [-0.1, -0.05) is 31.2 Å². The van der Waals surface area contributed by atoms with Gasteiger partial charge in [-0.2, -0.15) is 0 Å². The molecule has 7 heteroatoms. The highest BCUT2D eigenvalue weighted by molar-refractivity contribution is 5.79. The summed E-state index contributed by atoms with van der Waals surface area (Å²) in [5.41, 5.74) is 4.81. The standard InChI is InChI=1S/C22H27N5O2/c1-2-20(28)23-9-7-21(29)27-10-8-19-17(14-27)13-24-22(26-19)25-18-11-15-5-3-4-6-16(15)12-18/h3-6,13,18H,2,7-12,14H2,1H3,(H,23,28)(H,24,25,26). The molecule has 2 N–H and O–H groups in total. The molecule has 0 unspecified atom stereocenters. The van der Waals surface area contributed by atoms with Gasteiger partial charge in [0.05, 0.1) is 5.69 Å². The molecule has 4 rings (SSSR count). The number of benzene rings is 1. The van der Waals surface area contributed by atoms with Crippen molar-refractivity contribution >= 4 is 17.8 Å². The highest BCUT2D eigenvalue weighted by Gasteiger charge is 2.24. The largest absolute Gasteiger partial charge is 0.356 e. The third kappa shape index (κ3) is 4.55. The van der Waals surface area contributed by atoms with Crippen LogP contribution in [0.25, 0.3) is 0 Å². The van der Waals surface area contributed by atoms with Crippen molar-refractivity contribution in [1.29, 1.82) is 0 Å². The van der Waals surface area contributed by atoms with Crippen molar-refractivity contribution < 1.29 is 9.59 Å². The number of carbonyl (C=O) groups is 2. The maximum absolute atomic E-state index is 12.4. The Bertz CT molecular complexity index is 889. The summed E-state index contributed by atoms with van der Waals surface area (Å²) in [5.74, 6) is 0.696. The van der Waals surface area contributed by atoms with Gasteiger partial charge in [-0.05, 0) is 24.0 Å². The lowest BCUT2D eigenvalue weighted by Gasteiger charge is -2.28. The molecule has 0 saturated heterocycles. The number of nitrogens with one attached hydrogen (secondary N) is 2. The van der Waals surface area contributed by atoms with E-state index in [0.29, 0.717) is 44.5 Å². The van der Waals surface area contributed by atoms with Gasteiger partial charge in [-0.3, -0.25) is 9.59 Å². The lowest BCUT2D eigenvalue weighted by atomic mass is 10.1. The van der Waals surface area contributed by atoms with Crippen LogP contribution in [0.15, 0.2) is 30.5 Å². The number of nitrogens with zero attached hydrogens (tertiary/aromatic N) is 3. The summed E-state index contributed by atoms with van der Waals surface area (Å²) >= 11 is 0. The molecule has 2 amide bonds. The van der Waals surface area contributed by atoms with Crippen LogP contribution in [0.5, 0.6) is 0 Å². The fraction of sp³-hybridized carbons (Fsp3) is 0.455. The predicted molar refractivity (Wildman–Crippen MR) is 110 cm³/mol. The van der Waals surface area contributed by atoms with Crippen molar-refractivity contribution in [2.75, 3.05) is 18.4 Å². The van der Waals surface area contributed by atoms with Gasteiger partial charge in [-0.15, -0.1) is 0 Å². The molecule has 2 aliphatic rings. The molecule has 0 atom stereocenters. The van der Waals surface area contributed by atoms with E-state index < -0.39 is 0 Å². The number of amides is 2. The van der Waals surface area contributed by atoms with Crippen LogP contribution in [0.4, 0.5) is 5.95 Å². The average molecular weight is 393 g/mol. The molecule has 152 valence electrons. The Morgan fingerprint density at radius 2 is 1.93 bits per heavy atom. The van der Waals surface area contributed by atoms with E-state index in [2.05, 4.69) is 39.9 Å². The summed E-state index contributed by atoms with van der Waals surface area (Å²) in [5, 5.41) is 6.22. The minimum absolute atomic E-state index is 0.0272. The van der Waals surface area contributed by atoms with Crippen LogP contribution in [-0.4, -0.2) is 45.8 Å². The third-order valence-corrected chi connectivity index (χ3v) is 5.65. The van der Waals surface area contributed by atoms with Crippen LogP contribution in [-0.2, 0) is 35.4 Å². The van der Waals surface area contributed by atoms with Crippen LogP contribution in [0.2, 0.25) is 0 Å². The summed E-state index contributed by atoms with van der Waals surface area (Å²) in [4.78, 5) is 34.7. The first-order valence-corrected chi connectivity index (χ1v) is 10.3. The Balaban J connectivity index is 1.32. The molecular formula is C22H27N5O2. The molecule has 1 aliphatic heterocycles. The van der Waals surface area contributed by atoms with Gasteiger partial charge in [0.1, 0.15) is 0 Å². The summed E-state index contributed by atoms with van der Waals surface area (Å²) in [6.07, 6.45) is 5.31. The number of aromatic nitrogens is 2. The first-order valence-electron chi connectivity index (χ1n) is 10.3. The maximum Gasteiger partial charge on any atom is 0.224 e. The number of hydrogen-bond acceptors (Lipinski definition) is 5. The molecule has 2 heterocycles. The van der Waals surface area contributed by atoms with Crippen molar-refractivity contribution in [3.63, 3.8) is 0 Å². The van der Waals surface area contributed by atoms with E-state index >= 15 is 0 Å². The number of carbonyl (C=O) groups excluding carboxylic acids is 2. The van der Waals surface area contributed by atoms with E-state index in [9.17, 15) is 9.59 Å². The monoisotopic (exact) mass is 393 g/mol. The van der Waals surface area contributed by atoms with Crippen LogP contribution in [0.3, 0.4) is 0 Å². The average Bonchev–Trinajstić information content (AvgIpc) is 3.15. The SMILES string of the molecule is CCC(=O)NCCC(=O)N1CCc2nc(NC3Cc4ccccc4C3)ncc2C1. The second-order valence-electron chi connectivity index (χ2n) is 7.70. The van der Waals surface area contributed by atoms with Crippen molar-refractivity contribution in [1.82, 2.24) is 20.2 Å². The lowest BCUT2D eigenvalue weighted by molar-refractivity contribution is -0.132. The van der Waals surface area contributed by atoms with Crippen molar-refractivity contribution in [2.24, 2.45) is 0 Å². The molecule has 0 radical (unpaired) electrons. The Morgan fingerprint density at radius 3 is 2.66 bits per heavy atom. The van der Waals surface area contributed by atoms with Gasteiger partial charge in [0, 0.05) is 56.7 Å². The lowest BCUT2D eigenvalue weighted by Crippen LogP contribution is -2.38. The Labute approximate surface area is 170 Å². The first-order chi connectivity index (χ1) is 14.1. The molecule has 1 aliphatic carbocycles. The summed E-state index contributed by atoms with van der Waals surface area (Å²) < 4.78 is 0. The smallest absolute Gasteiger partial charge is 0.224 e. The Hall–Kier alpha value is -2.96. The van der Waals surface area contributed by atoms with Gasteiger partial charge < -0.3 is 15.5 Å². The van der Waals surface area contributed by atoms with Gasteiger partial charge in [0.2, 0.25) is 17.8 Å². The predicted octanol–water partition coefficient (Wildman–Crippen LogP) is 1.86. The minimum atomic E-state index is -0.0272. The molecule has 29 heavy (non-hydrogen) atoms. The van der Waals surface area contributed by atoms with Crippen LogP contribution >= 0.6 is 0 Å². The van der Waals surface area contributed by atoms with Gasteiger partial charge >= 0.3 is 0 Å². The zero-order valence-electron chi connectivity index (χ0n) is 16.8. The number of fused-ring (bicyclic) bond motifs is 2. The van der Waals surface area contributed by atoms with Crippen molar-refractivity contribution in [3.8, 4) is 0 Å². The van der Waals surface area contributed by atoms with Gasteiger partial charge in [0.25, 0.3) is 0 Å². The highest BCUT2D eigenvalue weighted by Crippen LogP contribution is 2.24. The fourth-order valence-corrected chi connectivity index (χ4v) is 4.03. The Morgan fingerprint density at radius 1 is 1.17 bits per heavy atom. The fourth-order valence-electron chi connectivity index (χ4n) is 4.03. The van der Waals surface area contributed by atoms with Crippen LogP contribution in [0, 0.1) is 0 Å². The molecule has 0 spiro atoms. The summed E-state index contributed by atoms with van der Waals surface area (Å²) in [7, 11) is 0.